The van der Waals surface area contributed by atoms with E-state index in [1.807, 2.05) is 23.1 Å². The van der Waals surface area contributed by atoms with Crippen LogP contribution in [0.3, 0.4) is 0 Å². The minimum atomic E-state index is -0.293. The van der Waals surface area contributed by atoms with E-state index in [1.54, 1.807) is 0 Å². The molecule has 4 rings (SSSR count). The molecule has 0 aromatic heterocycles. The van der Waals surface area contributed by atoms with E-state index >= 15 is 0 Å². The molecule has 0 bridgehead atoms. The van der Waals surface area contributed by atoms with Crippen molar-refractivity contribution >= 4 is 29.1 Å². The number of aryl methyl sites for hydroxylation is 1. The number of rotatable bonds is 3. The summed E-state index contributed by atoms with van der Waals surface area (Å²) in [7, 11) is 0. The summed E-state index contributed by atoms with van der Waals surface area (Å²) in [5.74, 6) is -0.124. The maximum absolute atomic E-state index is 12.5. The molecule has 0 radical (unpaired) electrons. The summed E-state index contributed by atoms with van der Waals surface area (Å²) in [4.78, 5) is 38.9. The number of hydrogen-bond donors (Lipinski definition) is 1. The molecule has 1 aliphatic carbocycles. The van der Waals surface area contributed by atoms with Crippen LogP contribution in [0.5, 0.6) is 0 Å². The topological polar surface area (TPSA) is 69.7 Å². The standard InChI is InChI=1S/C19H21N3O3/c1-12(23)22-11-16(10-18(22)24)20-15-7-6-13-3-2-8-21(17(13)9-15)19(25)14-4-5-14/h6-7,9-10,14,20H,2-5,8,11H2,1H3. The Balaban J connectivity index is 1.55. The highest BCUT2D eigenvalue weighted by Gasteiger charge is 2.35. The van der Waals surface area contributed by atoms with Crippen LogP contribution in [-0.2, 0) is 20.8 Å². The quantitative estimate of drug-likeness (QED) is 0.915. The summed E-state index contributed by atoms with van der Waals surface area (Å²) in [5.41, 5.74) is 3.68. The summed E-state index contributed by atoms with van der Waals surface area (Å²) in [6.07, 6.45) is 5.42. The van der Waals surface area contributed by atoms with Crippen molar-refractivity contribution in [3.8, 4) is 0 Å². The molecular weight excluding hydrogens is 318 g/mol. The van der Waals surface area contributed by atoms with Crippen LogP contribution < -0.4 is 10.2 Å². The molecule has 6 nitrogen and oxygen atoms in total. The van der Waals surface area contributed by atoms with E-state index in [9.17, 15) is 14.4 Å². The number of fused-ring (bicyclic) bond motifs is 1. The van der Waals surface area contributed by atoms with Crippen molar-refractivity contribution in [3.05, 3.63) is 35.5 Å². The van der Waals surface area contributed by atoms with Gasteiger partial charge < -0.3 is 10.2 Å². The van der Waals surface area contributed by atoms with Crippen LogP contribution in [0, 0.1) is 5.92 Å². The Hall–Kier alpha value is -2.63. The summed E-state index contributed by atoms with van der Waals surface area (Å²) in [6.45, 7) is 2.41. The number of hydrogen-bond acceptors (Lipinski definition) is 4. The number of anilines is 2. The minimum absolute atomic E-state index is 0.196. The maximum atomic E-state index is 12.5. The molecule has 0 saturated heterocycles. The Morgan fingerprint density at radius 2 is 2.00 bits per heavy atom. The molecule has 6 heteroatoms. The molecule has 0 atom stereocenters. The molecule has 1 saturated carbocycles. The second-order valence-corrected chi connectivity index (χ2v) is 6.95. The molecular formula is C19H21N3O3. The van der Waals surface area contributed by atoms with Crippen molar-refractivity contribution in [2.45, 2.75) is 32.6 Å². The molecule has 1 fully saturated rings. The van der Waals surface area contributed by atoms with Crippen molar-refractivity contribution < 1.29 is 14.4 Å². The highest BCUT2D eigenvalue weighted by atomic mass is 16.2. The molecule has 1 aromatic carbocycles. The van der Waals surface area contributed by atoms with Gasteiger partial charge in [0.2, 0.25) is 11.8 Å². The maximum Gasteiger partial charge on any atom is 0.255 e. The monoisotopic (exact) mass is 339 g/mol. The van der Waals surface area contributed by atoms with E-state index in [4.69, 9.17) is 0 Å². The van der Waals surface area contributed by atoms with E-state index in [-0.39, 0.29) is 30.2 Å². The largest absolute Gasteiger partial charge is 0.357 e. The van der Waals surface area contributed by atoms with Crippen LogP contribution in [0.15, 0.2) is 30.0 Å². The van der Waals surface area contributed by atoms with Crippen LogP contribution in [0.4, 0.5) is 11.4 Å². The smallest absolute Gasteiger partial charge is 0.255 e. The van der Waals surface area contributed by atoms with E-state index in [0.717, 1.165) is 43.6 Å². The number of carbonyl (C=O) groups is 3. The highest BCUT2D eigenvalue weighted by molar-refractivity contribution is 6.03. The summed E-state index contributed by atoms with van der Waals surface area (Å²) in [5, 5.41) is 3.22. The Labute approximate surface area is 146 Å². The van der Waals surface area contributed by atoms with E-state index in [2.05, 4.69) is 5.32 Å². The molecule has 0 spiro atoms. The van der Waals surface area contributed by atoms with Crippen LogP contribution in [0.2, 0.25) is 0 Å². The average Bonchev–Trinajstić information content (AvgIpc) is 3.37. The van der Waals surface area contributed by atoms with Crippen LogP contribution in [0.25, 0.3) is 0 Å². The third-order valence-corrected chi connectivity index (χ3v) is 4.97. The lowest BCUT2D eigenvalue weighted by atomic mass is 10.0. The average molecular weight is 339 g/mol. The van der Waals surface area contributed by atoms with Crippen LogP contribution in [0.1, 0.15) is 31.7 Å². The third-order valence-electron chi connectivity index (χ3n) is 4.97. The highest BCUT2D eigenvalue weighted by Crippen LogP contribution is 2.37. The Morgan fingerprint density at radius 3 is 2.68 bits per heavy atom. The van der Waals surface area contributed by atoms with Gasteiger partial charge in [-0.25, -0.2) is 0 Å². The molecule has 1 N–H and O–H groups in total. The third kappa shape index (κ3) is 3.04. The molecule has 0 unspecified atom stereocenters. The van der Waals surface area contributed by atoms with Crippen molar-refractivity contribution in [3.63, 3.8) is 0 Å². The van der Waals surface area contributed by atoms with Crippen LogP contribution in [-0.4, -0.2) is 35.7 Å². The van der Waals surface area contributed by atoms with E-state index in [1.165, 1.54) is 23.5 Å². The van der Waals surface area contributed by atoms with Gasteiger partial charge in [-0.2, -0.15) is 0 Å². The van der Waals surface area contributed by atoms with Gasteiger partial charge in [-0.05, 0) is 43.4 Å². The van der Waals surface area contributed by atoms with Crippen molar-refractivity contribution in [1.82, 2.24) is 4.90 Å². The van der Waals surface area contributed by atoms with Gasteiger partial charge in [-0.15, -0.1) is 0 Å². The Morgan fingerprint density at radius 1 is 1.20 bits per heavy atom. The number of amides is 3. The van der Waals surface area contributed by atoms with E-state index < -0.39 is 0 Å². The lowest BCUT2D eigenvalue weighted by Crippen LogP contribution is -2.36. The molecule has 1 aromatic rings. The lowest BCUT2D eigenvalue weighted by molar-refractivity contribution is -0.138. The first-order valence-electron chi connectivity index (χ1n) is 8.77. The van der Waals surface area contributed by atoms with Gasteiger partial charge in [0, 0.05) is 42.5 Å². The van der Waals surface area contributed by atoms with Gasteiger partial charge >= 0.3 is 0 Å². The normalized spacial score (nSPS) is 19.6. The van der Waals surface area contributed by atoms with Gasteiger partial charge in [0.05, 0.1) is 6.54 Å². The zero-order chi connectivity index (χ0) is 17.6. The molecule has 130 valence electrons. The van der Waals surface area contributed by atoms with Gasteiger partial charge in [-0.1, -0.05) is 6.07 Å². The summed E-state index contributed by atoms with van der Waals surface area (Å²) < 4.78 is 0. The molecule has 3 amide bonds. The number of imide groups is 1. The molecule has 3 aliphatic rings. The first-order chi connectivity index (χ1) is 12.0. The fourth-order valence-corrected chi connectivity index (χ4v) is 3.48. The van der Waals surface area contributed by atoms with Gasteiger partial charge in [0.15, 0.2) is 0 Å². The van der Waals surface area contributed by atoms with E-state index in [0.29, 0.717) is 5.70 Å². The zero-order valence-electron chi connectivity index (χ0n) is 14.2. The fourth-order valence-electron chi connectivity index (χ4n) is 3.48. The number of benzene rings is 1. The van der Waals surface area contributed by atoms with Gasteiger partial charge in [-0.3, -0.25) is 19.3 Å². The second-order valence-electron chi connectivity index (χ2n) is 6.95. The Kier molecular flexibility index (Phi) is 3.82. The van der Waals surface area contributed by atoms with Crippen molar-refractivity contribution in [2.24, 2.45) is 5.92 Å². The molecule has 2 aliphatic heterocycles. The van der Waals surface area contributed by atoms with Crippen LogP contribution >= 0.6 is 0 Å². The SMILES string of the molecule is CC(=O)N1CC(Nc2ccc3c(c2)N(C(=O)C2CC2)CCC3)=CC1=O. The summed E-state index contributed by atoms with van der Waals surface area (Å²) in [6, 6.07) is 5.99. The fraction of sp³-hybridized carbons (Fsp3) is 0.421. The second kappa shape index (κ2) is 6.02. The zero-order valence-corrected chi connectivity index (χ0v) is 14.2. The molecule has 2 heterocycles. The van der Waals surface area contributed by atoms with Crippen molar-refractivity contribution in [1.29, 1.82) is 0 Å². The first-order valence-corrected chi connectivity index (χ1v) is 8.77. The summed E-state index contributed by atoms with van der Waals surface area (Å²) >= 11 is 0. The van der Waals surface area contributed by atoms with Gasteiger partial charge in [0.25, 0.3) is 5.91 Å². The van der Waals surface area contributed by atoms with Gasteiger partial charge in [0.1, 0.15) is 0 Å². The first kappa shape index (κ1) is 15.9. The number of nitrogens with zero attached hydrogens (tertiary/aromatic N) is 2. The predicted molar refractivity (Wildman–Crippen MR) is 93.9 cm³/mol. The minimum Gasteiger partial charge on any atom is -0.357 e. The Bertz CT molecular complexity index is 795. The predicted octanol–water partition coefficient (Wildman–Crippen LogP) is 2.06. The molecule has 25 heavy (non-hydrogen) atoms. The number of nitrogens with one attached hydrogen (secondary N) is 1. The number of carbonyl (C=O) groups excluding carboxylic acids is 3. The lowest BCUT2D eigenvalue weighted by Gasteiger charge is -2.30. The van der Waals surface area contributed by atoms with Crippen molar-refractivity contribution in [2.75, 3.05) is 23.3 Å².